The molecule has 4 heterocycles. The summed E-state index contributed by atoms with van der Waals surface area (Å²) in [7, 11) is 0. The van der Waals surface area contributed by atoms with Gasteiger partial charge in [-0.3, -0.25) is 0 Å². The van der Waals surface area contributed by atoms with Gasteiger partial charge in [0, 0.05) is 42.2 Å². The number of allylic oxidation sites excluding steroid dienone is 4. The van der Waals surface area contributed by atoms with E-state index in [1.54, 1.807) is 9.81 Å². The van der Waals surface area contributed by atoms with Gasteiger partial charge in [-0.05, 0) is 88.1 Å². The Kier molecular flexibility index (Phi) is 10.3. The number of benzene rings is 4. The smallest absolute Gasteiger partial charge is 0.0706 e. The normalized spacial score (nSPS) is 18.8. The van der Waals surface area contributed by atoms with Crippen LogP contribution < -0.4 is 0 Å². The summed E-state index contributed by atoms with van der Waals surface area (Å²) >= 11 is 15.9. The molecule has 0 aromatic heterocycles. The monoisotopic (exact) mass is 770 g/mol. The molecule has 0 amide bonds. The first-order valence-corrected chi connectivity index (χ1v) is 22.7. The van der Waals surface area contributed by atoms with Crippen LogP contribution in [0.5, 0.6) is 0 Å². The van der Waals surface area contributed by atoms with Gasteiger partial charge >= 0.3 is 0 Å². The van der Waals surface area contributed by atoms with E-state index < -0.39 is 0 Å². The molecule has 0 saturated carbocycles. The molecule has 4 aliphatic heterocycles. The van der Waals surface area contributed by atoms with Crippen LogP contribution in [0.2, 0.25) is 0 Å². The van der Waals surface area contributed by atoms with Gasteiger partial charge in [0.25, 0.3) is 0 Å². The summed E-state index contributed by atoms with van der Waals surface area (Å²) in [6, 6.07) is 31.9. The summed E-state index contributed by atoms with van der Waals surface area (Å²) in [6.45, 7) is 9.04. The summed E-state index contributed by atoms with van der Waals surface area (Å²) in [4.78, 5) is 11.7. The quantitative estimate of drug-likeness (QED) is 0.180. The van der Waals surface area contributed by atoms with E-state index in [2.05, 4.69) is 113 Å². The lowest BCUT2D eigenvalue weighted by Gasteiger charge is -2.12. The lowest BCUT2D eigenvalue weighted by Crippen LogP contribution is -1.93. The molecule has 4 aromatic carbocycles. The van der Waals surface area contributed by atoms with Crippen molar-refractivity contribution in [1.29, 1.82) is 0 Å². The van der Waals surface area contributed by atoms with Crippen LogP contribution in [0.25, 0.3) is 11.1 Å². The first kappa shape index (κ1) is 33.8. The highest BCUT2D eigenvalue weighted by atomic mass is 32.2. The van der Waals surface area contributed by atoms with Crippen LogP contribution in [0.15, 0.2) is 141 Å². The standard InChI is InChI=1S/C40H34S8/c1-5-28-29(6-2)42-37(41-28)38-46-33(21-25-10-8-7-9-11-25)34(47-38)22-26-14-16-27(17-15-26)35-24(4)13-19-31-36(35)48-40(44-31)39-43-30-18-12-23(3)20-32(30)45-39/h7-20H,5-6,21-22H2,1-4H3/b40-39+. The number of hydrogen-bond donors (Lipinski definition) is 0. The van der Waals surface area contributed by atoms with Gasteiger partial charge in [0.15, 0.2) is 0 Å². The molecular formula is C40H34S8. The summed E-state index contributed by atoms with van der Waals surface area (Å²) in [5.41, 5.74) is 8.15. The average Bonchev–Trinajstić information content (AvgIpc) is 3.90. The van der Waals surface area contributed by atoms with E-state index in [-0.39, 0.29) is 0 Å². The summed E-state index contributed by atoms with van der Waals surface area (Å²) in [5, 5.41) is 0. The van der Waals surface area contributed by atoms with Crippen molar-refractivity contribution in [2.45, 2.75) is 73.0 Å². The van der Waals surface area contributed by atoms with E-state index in [1.807, 2.05) is 94.1 Å². The zero-order valence-electron chi connectivity index (χ0n) is 27.2. The van der Waals surface area contributed by atoms with Crippen molar-refractivity contribution < 1.29 is 0 Å². The van der Waals surface area contributed by atoms with E-state index in [1.165, 1.54) is 79.7 Å². The molecule has 0 N–H and O–H groups in total. The Bertz CT molecular complexity index is 2030. The molecule has 0 nitrogen and oxygen atoms in total. The van der Waals surface area contributed by atoms with Gasteiger partial charge in [-0.25, -0.2) is 0 Å². The van der Waals surface area contributed by atoms with Crippen LogP contribution in [0, 0.1) is 13.8 Å². The van der Waals surface area contributed by atoms with Gasteiger partial charge in [0.1, 0.15) is 0 Å². The fourth-order valence-electron chi connectivity index (χ4n) is 6.03. The number of fused-ring (bicyclic) bond motifs is 2. The molecule has 0 unspecified atom stereocenters. The molecule has 242 valence electrons. The fraction of sp³-hybridized carbons (Fsp3) is 0.200. The van der Waals surface area contributed by atoms with E-state index in [4.69, 9.17) is 0 Å². The third-order valence-electron chi connectivity index (χ3n) is 8.51. The number of hydrogen-bond acceptors (Lipinski definition) is 8. The minimum absolute atomic E-state index is 0.974. The number of rotatable bonds is 7. The predicted octanol–water partition coefficient (Wildman–Crippen LogP) is 15.3. The van der Waals surface area contributed by atoms with E-state index >= 15 is 0 Å². The van der Waals surface area contributed by atoms with Gasteiger partial charge in [0.05, 0.1) is 16.9 Å². The topological polar surface area (TPSA) is 0 Å². The van der Waals surface area contributed by atoms with Gasteiger partial charge in [-0.15, -0.1) is 0 Å². The molecule has 0 atom stereocenters. The molecule has 0 fully saturated rings. The Labute approximate surface area is 319 Å². The molecule has 0 spiro atoms. The van der Waals surface area contributed by atoms with Crippen molar-refractivity contribution in [3.8, 4) is 11.1 Å². The van der Waals surface area contributed by atoms with Crippen LogP contribution in [0.1, 0.15) is 48.9 Å². The average molecular weight is 771 g/mol. The zero-order chi connectivity index (χ0) is 32.8. The second-order valence-corrected chi connectivity index (χ2v) is 21.6. The van der Waals surface area contributed by atoms with Gasteiger partial charge in [-0.1, -0.05) is 175 Å². The second-order valence-electron chi connectivity index (χ2n) is 11.9. The maximum atomic E-state index is 2.37. The molecule has 4 aliphatic rings. The first-order valence-electron chi connectivity index (χ1n) is 16.2. The largest absolute Gasteiger partial charge is 0.0846 e. The van der Waals surface area contributed by atoms with Crippen LogP contribution in [-0.4, -0.2) is 0 Å². The Hall–Kier alpha value is -1.36. The second kappa shape index (κ2) is 14.7. The minimum atomic E-state index is 0.974. The fourth-order valence-corrected chi connectivity index (χ4v) is 17.6. The molecular weight excluding hydrogens is 737 g/mol. The van der Waals surface area contributed by atoms with E-state index in [0.717, 1.165) is 25.7 Å². The molecule has 0 saturated heterocycles. The summed E-state index contributed by atoms with van der Waals surface area (Å²) in [6.07, 6.45) is 4.23. The van der Waals surface area contributed by atoms with Gasteiger partial charge < -0.3 is 0 Å². The van der Waals surface area contributed by atoms with Crippen molar-refractivity contribution in [1.82, 2.24) is 0 Å². The maximum Gasteiger partial charge on any atom is 0.0706 e. The van der Waals surface area contributed by atoms with Crippen LogP contribution >= 0.6 is 94.1 Å². The zero-order valence-corrected chi connectivity index (χ0v) is 33.7. The molecule has 8 heteroatoms. The highest BCUT2D eigenvalue weighted by molar-refractivity contribution is 8.34. The Morgan fingerprint density at radius 1 is 0.458 bits per heavy atom. The molecule has 4 aromatic rings. The Morgan fingerprint density at radius 3 is 1.67 bits per heavy atom. The Morgan fingerprint density at radius 2 is 1.00 bits per heavy atom. The molecule has 8 rings (SSSR count). The van der Waals surface area contributed by atoms with Gasteiger partial charge in [0.2, 0.25) is 0 Å². The van der Waals surface area contributed by atoms with Crippen LogP contribution in [-0.2, 0) is 12.8 Å². The highest BCUT2D eigenvalue weighted by Gasteiger charge is 2.31. The van der Waals surface area contributed by atoms with Crippen LogP contribution in [0.3, 0.4) is 0 Å². The molecule has 48 heavy (non-hydrogen) atoms. The maximum absolute atomic E-state index is 2.37. The van der Waals surface area contributed by atoms with Gasteiger partial charge in [-0.2, -0.15) is 0 Å². The number of aryl methyl sites for hydroxylation is 2. The predicted molar refractivity (Wildman–Crippen MR) is 224 cm³/mol. The minimum Gasteiger partial charge on any atom is -0.0846 e. The van der Waals surface area contributed by atoms with E-state index in [0.29, 0.717) is 0 Å². The molecule has 0 radical (unpaired) electrons. The first-order chi connectivity index (χ1) is 23.4. The molecule has 0 aliphatic carbocycles. The summed E-state index contributed by atoms with van der Waals surface area (Å²) < 4.78 is 5.80. The van der Waals surface area contributed by atoms with Crippen molar-refractivity contribution in [2.75, 3.05) is 0 Å². The Balaban J connectivity index is 1.04. The lowest BCUT2D eigenvalue weighted by atomic mass is 9.98. The SMILES string of the molecule is CCC1=C(CC)SC(=C2SC(Cc3ccccc3)=C(Cc3ccc(-c4c(C)ccc5c4S/C(=C4\Sc6ccc(C)cc6S4)S5)cc3)S2)S1. The highest BCUT2D eigenvalue weighted by Crippen LogP contribution is 2.64. The third kappa shape index (κ3) is 6.94. The number of thioether (sulfide) groups is 8. The van der Waals surface area contributed by atoms with Crippen molar-refractivity contribution in [3.05, 3.63) is 144 Å². The van der Waals surface area contributed by atoms with Crippen molar-refractivity contribution in [2.24, 2.45) is 0 Å². The summed E-state index contributed by atoms with van der Waals surface area (Å²) in [5.74, 6) is 0. The lowest BCUT2D eigenvalue weighted by molar-refractivity contribution is 1.12. The van der Waals surface area contributed by atoms with Crippen molar-refractivity contribution >= 4 is 94.1 Å². The third-order valence-corrected chi connectivity index (χ3v) is 20.3. The molecule has 0 bridgehead atoms. The van der Waals surface area contributed by atoms with Crippen molar-refractivity contribution in [3.63, 3.8) is 0 Å². The van der Waals surface area contributed by atoms with E-state index in [9.17, 15) is 0 Å². The van der Waals surface area contributed by atoms with Crippen LogP contribution in [0.4, 0.5) is 0 Å².